The van der Waals surface area contributed by atoms with E-state index in [2.05, 4.69) is 10.4 Å². The first-order chi connectivity index (χ1) is 13.0. The molecule has 0 radical (unpaired) electrons. The van der Waals surface area contributed by atoms with Gasteiger partial charge in [-0.05, 0) is 37.1 Å². The lowest BCUT2D eigenvalue weighted by Gasteiger charge is -2.13. The number of hydrogen-bond donors (Lipinski definition) is 1. The number of nitrogens with zero attached hydrogens (tertiary/aromatic N) is 3. The third-order valence-corrected chi connectivity index (χ3v) is 4.20. The van der Waals surface area contributed by atoms with Gasteiger partial charge in [0.15, 0.2) is 0 Å². The van der Waals surface area contributed by atoms with E-state index < -0.39 is 17.2 Å². The number of rotatable bonds is 5. The summed E-state index contributed by atoms with van der Waals surface area (Å²) in [4.78, 5) is 38.1. The van der Waals surface area contributed by atoms with Gasteiger partial charge < -0.3 is 5.32 Å². The van der Waals surface area contributed by atoms with Gasteiger partial charge in [0.1, 0.15) is 0 Å². The molecule has 0 unspecified atom stereocenters. The van der Waals surface area contributed by atoms with Crippen LogP contribution in [0.2, 0.25) is 0 Å². The van der Waals surface area contributed by atoms with Crippen molar-refractivity contribution in [2.45, 2.75) is 20.4 Å². The summed E-state index contributed by atoms with van der Waals surface area (Å²) in [7, 11) is 0. The third-order valence-electron chi connectivity index (χ3n) is 4.20. The highest BCUT2D eigenvalue weighted by atomic mass is 16.2. The molecule has 27 heavy (non-hydrogen) atoms. The van der Waals surface area contributed by atoms with E-state index in [1.54, 1.807) is 31.2 Å². The first kappa shape index (κ1) is 18.3. The molecule has 0 aliphatic heterocycles. The third kappa shape index (κ3) is 3.72. The van der Waals surface area contributed by atoms with Gasteiger partial charge in [-0.1, -0.05) is 42.5 Å². The Morgan fingerprint density at radius 3 is 2.37 bits per heavy atom. The van der Waals surface area contributed by atoms with Crippen molar-refractivity contribution in [2.75, 3.05) is 6.54 Å². The van der Waals surface area contributed by atoms with E-state index in [1.165, 1.54) is 0 Å². The highest BCUT2D eigenvalue weighted by Gasteiger charge is 2.20. The largest absolute Gasteiger partial charge is 0.352 e. The van der Waals surface area contributed by atoms with Gasteiger partial charge in [-0.15, -0.1) is 0 Å². The van der Waals surface area contributed by atoms with E-state index in [0.717, 1.165) is 20.4 Å². The molecule has 2 aromatic carbocycles. The topological polar surface area (TPSA) is 86.0 Å². The molecule has 0 aliphatic rings. The Morgan fingerprint density at radius 2 is 1.70 bits per heavy atom. The molecule has 7 nitrogen and oxygen atoms in total. The summed E-state index contributed by atoms with van der Waals surface area (Å²) < 4.78 is 2.14. The highest BCUT2D eigenvalue weighted by molar-refractivity contribution is 5.91. The molecule has 0 fully saturated rings. The summed E-state index contributed by atoms with van der Waals surface area (Å²) in [5.41, 5.74) is 0.639. The number of amides is 1. The van der Waals surface area contributed by atoms with E-state index in [1.807, 2.05) is 37.3 Å². The maximum atomic E-state index is 13.0. The van der Waals surface area contributed by atoms with Gasteiger partial charge in [0.05, 0.1) is 12.2 Å². The van der Waals surface area contributed by atoms with Gasteiger partial charge in [0, 0.05) is 6.54 Å². The van der Waals surface area contributed by atoms with Crippen LogP contribution in [0.3, 0.4) is 0 Å². The summed E-state index contributed by atoms with van der Waals surface area (Å²) >= 11 is 0. The number of para-hydroxylation sites is 1. The summed E-state index contributed by atoms with van der Waals surface area (Å²) in [5, 5.41) is 6.62. The zero-order valence-electron chi connectivity index (χ0n) is 15.2. The van der Waals surface area contributed by atoms with Crippen LogP contribution in [0.15, 0.2) is 64.2 Å². The molecule has 1 amide bonds. The zero-order chi connectivity index (χ0) is 19.4. The van der Waals surface area contributed by atoms with Crippen LogP contribution in [0.1, 0.15) is 28.5 Å². The Hall–Kier alpha value is -3.48. The molecule has 0 saturated carbocycles. The van der Waals surface area contributed by atoms with Gasteiger partial charge in [-0.2, -0.15) is 9.78 Å². The second kappa shape index (κ2) is 7.82. The monoisotopic (exact) mass is 364 g/mol. The molecule has 0 spiro atoms. The summed E-state index contributed by atoms with van der Waals surface area (Å²) in [5.74, 6) is -0.606. The summed E-state index contributed by atoms with van der Waals surface area (Å²) in [6.45, 7) is 4.06. The molecule has 7 heteroatoms. The van der Waals surface area contributed by atoms with Gasteiger partial charge in [0.2, 0.25) is 5.69 Å². The van der Waals surface area contributed by atoms with Crippen LogP contribution in [0.4, 0.5) is 0 Å². The van der Waals surface area contributed by atoms with Crippen LogP contribution in [0.25, 0.3) is 5.69 Å². The Labute approximate surface area is 155 Å². The Bertz CT molecular complexity index is 1080. The van der Waals surface area contributed by atoms with E-state index in [-0.39, 0.29) is 12.2 Å². The Morgan fingerprint density at radius 1 is 1.04 bits per heavy atom. The number of aromatic nitrogens is 3. The maximum Gasteiger partial charge on any atom is 0.352 e. The molecule has 138 valence electrons. The maximum absolute atomic E-state index is 13.0. The van der Waals surface area contributed by atoms with Crippen molar-refractivity contribution in [2.24, 2.45) is 0 Å². The lowest BCUT2D eigenvalue weighted by Crippen LogP contribution is -2.46. The van der Waals surface area contributed by atoms with Gasteiger partial charge in [-0.25, -0.2) is 4.79 Å². The minimum atomic E-state index is -0.707. The number of hydrogen-bond acceptors (Lipinski definition) is 4. The summed E-state index contributed by atoms with van der Waals surface area (Å²) in [6, 6.07) is 16.2. The molecule has 3 aromatic rings. The quantitative estimate of drug-likeness (QED) is 0.743. The molecule has 0 saturated heterocycles. The van der Waals surface area contributed by atoms with Crippen LogP contribution in [-0.2, 0) is 6.54 Å². The van der Waals surface area contributed by atoms with Crippen molar-refractivity contribution in [3.05, 3.63) is 92.3 Å². The number of benzene rings is 2. The van der Waals surface area contributed by atoms with E-state index >= 15 is 0 Å². The molecule has 1 N–H and O–H groups in total. The van der Waals surface area contributed by atoms with Crippen LogP contribution < -0.4 is 16.6 Å². The van der Waals surface area contributed by atoms with E-state index in [4.69, 9.17) is 0 Å². The van der Waals surface area contributed by atoms with Crippen molar-refractivity contribution in [1.82, 2.24) is 19.7 Å². The van der Waals surface area contributed by atoms with Crippen molar-refractivity contribution in [3.63, 3.8) is 0 Å². The number of aryl methyl sites for hydroxylation is 1. The van der Waals surface area contributed by atoms with Crippen LogP contribution in [0, 0.1) is 6.92 Å². The average Bonchev–Trinajstić information content (AvgIpc) is 2.67. The van der Waals surface area contributed by atoms with Crippen LogP contribution in [0.5, 0.6) is 0 Å². The van der Waals surface area contributed by atoms with Gasteiger partial charge >= 0.3 is 5.69 Å². The number of carbonyl (C=O) groups is 1. The van der Waals surface area contributed by atoms with Gasteiger partial charge in [-0.3, -0.25) is 14.2 Å². The molecular formula is C20H20N4O3. The Kier molecular flexibility index (Phi) is 5.30. The van der Waals surface area contributed by atoms with Crippen LogP contribution >= 0.6 is 0 Å². The minimum absolute atomic E-state index is 0.0616. The predicted molar refractivity (Wildman–Crippen MR) is 102 cm³/mol. The molecule has 1 heterocycles. The van der Waals surface area contributed by atoms with Crippen molar-refractivity contribution in [3.8, 4) is 5.69 Å². The van der Waals surface area contributed by atoms with E-state index in [0.29, 0.717) is 12.2 Å². The zero-order valence-corrected chi connectivity index (χ0v) is 15.2. The first-order valence-electron chi connectivity index (χ1n) is 8.65. The first-order valence-corrected chi connectivity index (χ1v) is 8.65. The normalized spacial score (nSPS) is 10.6. The van der Waals surface area contributed by atoms with Crippen molar-refractivity contribution in [1.29, 1.82) is 0 Å². The SMILES string of the molecule is CCNC(=O)c1nn(-c2ccccc2)c(=O)n(Cc2ccccc2C)c1=O. The molecule has 0 bridgehead atoms. The smallest absolute Gasteiger partial charge is 0.351 e. The lowest BCUT2D eigenvalue weighted by molar-refractivity contribution is 0.0946. The van der Waals surface area contributed by atoms with Crippen molar-refractivity contribution >= 4 is 5.91 Å². The molecule has 3 rings (SSSR count). The number of nitrogens with one attached hydrogen (secondary N) is 1. The minimum Gasteiger partial charge on any atom is -0.351 e. The second-order valence-electron chi connectivity index (χ2n) is 6.06. The number of carbonyl (C=O) groups excluding carboxylic acids is 1. The lowest BCUT2D eigenvalue weighted by atomic mass is 10.1. The van der Waals surface area contributed by atoms with Crippen LogP contribution in [-0.4, -0.2) is 26.8 Å². The van der Waals surface area contributed by atoms with Crippen molar-refractivity contribution < 1.29 is 4.79 Å². The standard InChI is InChI=1S/C20H20N4O3/c1-3-21-18(25)17-19(26)23(13-15-10-8-7-9-14(15)2)20(27)24(22-17)16-11-5-4-6-12-16/h4-12H,3,13H2,1-2H3,(H,21,25). The fourth-order valence-electron chi connectivity index (χ4n) is 2.74. The average molecular weight is 364 g/mol. The Balaban J connectivity index is 2.23. The fourth-order valence-corrected chi connectivity index (χ4v) is 2.74. The van der Waals surface area contributed by atoms with Gasteiger partial charge in [0.25, 0.3) is 11.5 Å². The highest BCUT2D eigenvalue weighted by Crippen LogP contribution is 2.08. The van der Waals surface area contributed by atoms with E-state index in [9.17, 15) is 14.4 Å². The molecular weight excluding hydrogens is 344 g/mol. The second-order valence-corrected chi connectivity index (χ2v) is 6.06. The molecule has 0 atom stereocenters. The molecule has 1 aromatic heterocycles. The fraction of sp³-hybridized carbons (Fsp3) is 0.200. The predicted octanol–water partition coefficient (Wildman–Crippen LogP) is 1.50. The summed E-state index contributed by atoms with van der Waals surface area (Å²) in [6.07, 6.45) is 0. The molecule has 0 aliphatic carbocycles.